The Kier molecular flexibility index (Phi) is 4.76. The van der Waals surface area contributed by atoms with Crippen LogP contribution in [-0.2, 0) is 14.3 Å². The van der Waals surface area contributed by atoms with Gasteiger partial charge < -0.3 is 4.74 Å². The first kappa shape index (κ1) is 13.6. The summed E-state index contributed by atoms with van der Waals surface area (Å²) < 4.78 is 4.49. The molecule has 0 radical (unpaired) electrons. The molecular formula is C13H11NO4. The topological polar surface area (TPSA) is 84.2 Å². The molecule has 1 aromatic rings. The molecule has 0 saturated heterocycles. The lowest BCUT2D eigenvalue weighted by Gasteiger charge is -2.02. The molecule has 5 heteroatoms. The quantitative estimate of drug-likeness (QED) is 0.337. The number of rotatable bonds is 5. The number of ketones is 2. The first-order chi connectivity index (χ1) is 8.60. The number of carbonyl (C=O) groups is 3. The summed E-state index contributed by atoms with van der Waals surface area (Å²) in [6.07, 6.45) is -0.586. The first-order valence-electron chi connectivity index (χ1n) is 5.32. The summed E-state index contributed by atoms with van der Waals surface area (Å²) >= 11 is 0. The molecule has 0 amide bonds. The molecule has 1 aromatic carbocycles. The monoisotopic (exact) mass is 245 g/mol. The van der Waals surface area contributed by atoms with Crippen LogP contribution in [-0.4, -0.2) is 24.1 Å². The number of benzene rings is 1. The molecular weight excluding hydrogens is 234 g/mol. The normalized spacial score (nSPS) is 9.33. The lowest BCUT2D eigenvalue weighted by Crippen LogP contribution is -2.21. The fourth-order valence-electron chi connectivity index (χ4n) is 1.35. The highest BCUT2D eigenvalue weighted by atomic mass is 16.5. The number of Topliss-reactive ketones (excluding diaryl/α,β-unsaturated/α-hetero) is 2. The average Bonchev–Trinajstić information content (AvgIpc) is 2.38. The van der Waals surface area contributed by atoms with Gasteiger partial charge in [0.25, 0.3) is 0 Å². The lowest BCUT2D eigenvalue weighted by atomic mass is 10.0. The molecule has 18 heavy (non-hydrogen) atoms. The highest BCUT2D eigenvalue weighted by Gasteiger charge is 2.21. The molecule has 0 aliphatic carbocycles. The Bertz CT molecular complexity index is 528. The summed E-state index contributed by atoms with van der Waals surface area (Å²) in [5.41, 5.74) is 0.316. The summed E-state index contributed by atoms with van der Waals surface area (Å²) in [5, 5.41) is 8.82. The maximum atomic E-state index is 11.8. The second kappa shape index (κ2) is 6.30. The predicted molar refractivity (Wildman–Crippen MR) is 61.7 cm³/mol. The Balaban J connectivity index is 2.81. The summed E-state index contributed by atoms with van der Waals surface area (Å²) in [6, 6.07) is 7.97. The largest absolute Gasteiger partial charge is 0.460 e. The van der Waals surface area contributed by atoms with Gasteiger partial charge >= 0.3 is 5.97 Å². The smallest absolute Gasteiger partial charge is 0.375 e. The van der Waals surface area contributed by atoms with E-state index in [1.807, 2.05) is 6.07 Å². The van der Waals surface area contributed by atoms with Crippen LogP contribution in [0.5, 0.6) is 0 Å². The van der Waals surface area contributed by atoms with Crippen molar-refractivity contribution in [2.75, 3.05) is 6.61 Å². The van der Waals surface area contributed by atoms with Crippen molar-refractivity contribution in [2.24, 2.45) is 0 Å². The molecule has 0 aromatic heterocycles. The van der Waals surface area contributed by atoms with Crippen molar-refractivity contribution >= 4 is 17.5 Å². The zero-order chi connectivity index (χ0) is 13.5. The van der Waals surface area contributed by atoms with E-state index >= 15 is 0 Å². The summed E-state index contributed by atoms with van der Waals surface area (Å²) in [6.45, 7) is 1.64. The summed E-state index contributed by atoms with van der Waals surface area (Å²) in [4.78, 5) is 34.2. The Morgan fingerprint density at radius 1 is 1.28 bits per heavy atom. The molecule has 0 atom stereocenters. The Morgan fingerprint density at radius 2 is 1.94 bits per heavy atom. The number of hydrogen-bond donors (Lipinski definition) is 0. The van der Waals surface area contributed by atoms with Crippen LogP contribution >= 0.6 is 0 Å². The molecule has 0 heterocycles. The van der Waals surface area contributed by atoms with Crippen LogP contribution < -0.4 is 0 Å². The van der Waals surface area contributed by atoms with E-state index in [-0.39, 0.29) is 17.7 Å². The van der Waals surface area contributed by atoms with Gasteiger partial charge in [0, 0.05) is 5.56 Å². The fraction of sp³-hybridized carbons (Fsp3) is 0.231. The van der Waals surface area contributed by atoms with Gasteiger partial charge in [-0.25, -0.2) is 4.79 Å². The summed E-state index contributed by atoms with van der Waals surface area (Å²) in [5.74, 6) is -2.50. The minimum atomic E-state index is -1.03. The molecule has 0 aliphatic rings. The fourth-order valence-corrected chi connectivity index (χ4v) is 1.35. The molecule has 0 unspecified atom stereocenters. The van der Waals surface area contributed by atoms with Crippen LogP contribution in [0.2, 0.25) is 0 Å². The van der Waals surface area contributed by atoms with Gasteiger partial charge in [-0.1, -0.05) is 18.2 Å². The third kappa shape index (κ3) is 3.25. The van der Waals surface area contributed by atoms with E-state index in [0.717, 1.165) is 0 Å². The van der Waals surface area contributed by atoms with Crippen molar-refractivity contribution in [1.29, 1.82) is 5.26 Å². The number of nitriles is 1. The molecule has 0 aliphatic heterocycles. The van der Waals surface area contributed by atoms with Gasteiger partial charge in [-0.15, -0.1) is 0 Å². The molecule has 92 valence electrons. The highest BCUT2D eigenvalue weighted by molar-refractivity contribution is 6.38. The molecule has 0 spiro atoms. The average molecular weight is 245 g/mol. The Hall–Kier alpha value is -2.48. The van der Waals surface area contributed by atoms with E-state index in [9.17, 15) is 14.4 Å². The summed E-state index contributed by atoms with van der Waals surface area (Å²) in [7, 11) is 0. The Morgan fingerprint density at radius 3 is 2.56 bits per heavy atom. The second-order valence-corrected chi connectivity index (χ2v) is 3.40. The van der Waals surface area contributed by atoms with E-state index in [1.54, 1.807) is 19.1 Å². The van der Waals surface area contributed by atoms with Gasteiger partial charge in [0.2, 0.25) is 5.78 Å². The van der Waals surface area contributed by atoms with Crippen LogP contribution in [0.1, 0.15) is 29.3 Å². The van der Waals surface area contributed by atoms with Crippen LogP contribution in [0, 0.1) is 11.3 Å². The van der Waals surface area contributed by atoms with E-state index < -0.39 is 24.0 Å². The van der Waals surface area contributed by atoms with E-state index in [2.05, 4.69) is 4.74 Å². The lowest BCUT2D eigenvalue weighted by molar-refractivity contribution is -0.153. The number of carbonyl (C=O) groups excluding carboxylic acids is 3. The SMILES string of the molecule is CCOC(=O)C(=O)CC(=O)c1ccccc1C#N. The standard InChI is InChI=1S/C13H11NO4/c1-2-18-13(17)12(16)7-11(15)10-6-4-3-5-9(10)8-14/h3-6H,2,7H2,1H3. The van der Waals surface area contributed by atoms with Crippen LogP contribution in [0.3, 0.4) is 0 Å². The third-order valence-electron chi connectivity index (χ3n) is 2.17. The number of hydrogen-bond acceptors (Lipinski definition) is 5. The molecule has 0 N–H and O–H groups in total. The van der Waals surface area contributed by atoms with E-state index in [0.29, 0.717) is 0 Å². The predicted octanol–water partition coefficient (Wildman–Crippen LogP) is 1.26. The number of ether oxygens (including phenoxy) is 1. The van der Waals surface area contributed by atoms with Crippen LogP contribution in [0.4, 0.5) is 0 Å². The van der Waals surface area contributed by atoms with Crippen molar-refractivity contribution in [1.82, 2.24) is 0 Å². The minimum Gasteiger partial charge on any atom is -0.460 e. The van der Waals surface area contributed by atoms with Gasteiger partial charge in [-0.05, 0) is 13.0 Å². The van der Waals surface area contributed by atoms with Gasteiger partial charge in [-0.3, -0.25) is 9.59 Å². The maximum Gasteiger partial charge on any atom is 0.375 e. The molecule has 1 rings (SSSR count). The Labute approximate surface area is 104 Å². The van der Waals surface area contributed by atoms with E-state index in [4.69, 9.17) is 5.26 Å². The minimum absolute atomic E-state index is 0.0769. The second-order valence-electron chi connectivity index (χ2n) is 3.40. The molecule has 5 nitrogen and oxygen atoms in total. The van der Waals surface area contributed by atoms with Crippen LogP contribution in [0.25, 0.3) is 0 Å². The molecule has 0 bridgehead atoms. The number of esters is 1. The molecule has 0 fully saturated rings. The van der Waals surface area contributed by atoms with Crippen molar-refractivity contribution in [3.63, 3.8) is 0 Å². The molecule has 0 saturated carbocycles. The van der Waals surface area contributed by atoms with Crippen molar-refractivity contribution in [3.05, 3.63) is 35.4 Å². The van der Waals surface area contributed by atoms with E-state index in [1.165, 1.54) is 12.1 Å². The first-order valence-corrected chi connectivity index (χ1v) is 5.32. The third-order valence-corrected chi connectivity index (χ3v) is 2.17. The van der Waals surface area contributed by atoms with Crippen molar-refractivity contribution in [3.8, 4) is 6.07 Å². The zero-order valence-corrected chi connectivity index (χ0v) is 9.80. The van der Waals surface area contributed by atoms with Crippen molar-refractivity contribution in [2.45, 2.75) is 13.3 Å². The van der Waals surface area contributed by atoms with Gasteiger partial charge in [0.1, 0.15) is 0 Å². The van der Waals surface area contributed by atoms with Crippen LogP contribution in [0.15, 0.2) is 24.3 Å². The highest BCUT2D eigenvalue weighted by Crippen LogP contribution is 2.10. The zero-order valence-electron chi connectivity index (χ0n) is 9.80. The van der Waals surface area contributed by atoms with Gasteiger partial charge in [0.05, 0.1) is 24.7 Å². The van der Waals surface area contributed by atoms with Gasteiger partial charge in [-0.2, -0.15) is 5.26 Å². The number of nitrogens with zero attached hydrogens (tertiary/aromatic N) is 1. The van der Waals surface area contributed by atoms with Crippen molar-refractivity contribution < 1.29 is 19.1 Å². The van der Waals surface area contributed by atoms with Gasteiger partial charge in [0.15, 0.2) is 5.78 Å². The maximum absolute atomic E-state index is 11.8.